The minimum Gasteiger partial charge on any atom is -0.444 e. The Morgan fingerprint density at radius 3 is 2.22 bits per heavy atom. The lowest BCUT2D eigenvalue weighted by atomic mass is 9.90. The van der Waals surface area contributed by atoms with E-state index in [0.29, 0.717) is 0 Å². The molecule has 1 amide bonds. The number of carbonyl (C=O) groups is 1. The summed E-state index contributed by atoms with van der Waals surface area (Å²) < 4.78 is 43.4. The first kappa shape index (κ1) is 15.1. The van der Waals surface area contributed by atoms with Gasteiger partial charge >= 0.3 is 12.3 Å². The molecular formula is C11H19F3N2O2. The van der Waals surface area contributed by atoms with Gasteiger partial charge in [0, 0.05) is 18.6 Å². The number of nitrogens with two attached hydrogens (primary N) is 1. The first-order valence-electron chi connectivity index (χ1n) is 5.66. The molecule has 2 N–H and O–H groups in total. The molecule has 1 saturated heterocycles. The van der Waals surface area contributed by atoms with E-state index in [-0.39, 0.29) is 6.54 Å². The number of hydrogen-bond acceptors (Lipinski definition) is 3. The Morgan fingerprint density at radius 1 is 1.39 bits per heavy atom. The van der Waals surface area contributed by atoms with Gasteiger partial charge in [-0.2, -0.15) is 13.2 Å². The van der Waals surface area contributed by atoms with E-state index in [9.17, 15) is 18.0 Å². The van der Waals surface area contributed by atoms with Crippen molar-refractivity contribution in [1.29, 1.82) is 0 Å². The van der Waals surface area contributed by atoms with Crippen molar-refractivity contribution in [2.45, 2.75) is 45.0 Å². The third-order valence-corrected chi connectivity index (χ3v) is 2.78. The van der Waals surface area contributed by atoms with Crippen molar-refractivity contribution >= 4 is 6.09 Å². The van der Waals surface area contributed by atoms with Gasteiger partial charge in [0.1, 0.15) is 5.60 Å². The van der Waals surface area contributed by atoms with E-state index >= 15 is 0 Å². The minimum atomic E-state index is -4.42. The molecular weight excluding hydrogens is 249 g/mol. The van der Waals surface area contributed by atoms with Crippen molar-refractivity contribution < 1.29 is 22.7 Å². The summed E-state index contributed by atoms with van der Waals surface area (Å²) in [6.45, 7) is 5.66. The van der Waals surface area contributed by atoms with Crippen molar-refractivity contribution in [2.24, 2.45) is 11.7 Å². The van der Waals surface area contributed by atoms with Crippen molar-refractivity contribution in [1.82, 2.24) is 4.90 Å². The Morgan fingerprint density at radius 2 is 1.89 bits per heavy atom. The van der Waals surface area contributed by atoms with Gasteiger partial charge in [-0.25, -0.2) is 4.79 Å². The molecule has 0 radical (unpaired) electrons. The van der Waals surface area contributed by atoms with Crippen molar-refractivity contribution in [3.05, 3.63) is 0 Å². The van der Waals surface area contributed by atoms with Gasteiger partial charge in [-0.05, 0) is 27.7 Å². The van der Waals surface area contributed by atoms with Crippen LogP contribution in [0.1, 0.15) is 27.7 Å². The SMILES string of the molecule is CC(C)(C)OC(=O)N1C[C@@H](C(F)(F)F)[C@](C)(N)C1. The summed E-state index contributed by atoms with van der Waals surface area (Å²) in [5, 5.41) is 0. The molecule has 7 heteroatoms. The largest absolute Gasteiger partial charge is 0.444 e. The molecule has 1 aliphatic heterocycles. The Bertz CT molecular complexity index is 334. The van der Waals surface area contributed by atoms with Crippen LogP contribution in [0.25, 0.3) is 0 Å². The van der Waals surface area contributed by atoms with E-state index in [1.807, 2.05) is 0 Å². The fourth-order valence-corrected chi connectivity index (χ4v) is 1.96. The fraction of sp³-hybridized carbons (Fsp3) is 0.909. The van der Waals surface area contributed by atoms with E-state index in [2.05, 4.69) is 0 Å². The van der Waals surface area contributed by atoms with Gasteiger partial charge < -0.3 is 15.4 Å². The number of likely N-dealkylation sites (tertiary alicyclic amines) is 1. The normalized spacial score (nSPS) is 29.6. The Hall–Kier alpha value is -0.980. The molecule has 1 fully saturated rings. The number of rotatable bonds is 0. The first-order valence-corrected chi connectivity index (χ1v) is 5.66. The Labute approximate surface area is 104 Å². The molecule has 0 aromatic rings. The predicted octanol–water partition coefficient (Wildman–Crippen LogP) is 2.13. The van der Waals surface area contributed by atoms with Gasteiger partial charge in [-0.3, -0.25) is 0 Å². The summed E-state index contributed by atoms with van der Waals surface area (Å²) in [6.07, 6.45) is -5.17. The second kappa shape index (κ2) is 4.29. The minimum absolute atomic E-state index is 0.161. The lowest BCUT2D eigenvalue weighted by molar-refractivity contribution is -0.181. The number of alkyl halides is 3. The molecule has 1 aliphatic rings. The molecule has 4 nitrogen and oxygen atoms in total. The van der Waals surface area contributed by atoms with Gasteiger partial charge in [0.25, 0.3) is 0 Å². The zero-order valence-corrected chi connectivity index (χ0v) is 11.0. The first-order chi connectivity index (χ1) is 7.83. The van der Waals surface area contributed by atoms with Crippen LogP contribution in [0, 0.1) is 5.92 Å². The van der Waals surface area contributed by atoms with Crippen LogP contribution in [-0.2, 0) is 4.74 Å². The van der Waals surface area contributed by atoms with Crippen molar-refractivity contribution in [3.63, 3.8) is 0 Å². The molecule has 0 spiro atoms. The van der Waals surface area contributed by atoms with Crippen molar-refractivity contribution in [3.8, 4) is 0 Å². The van der Waals surface area contributed by atoms with E-state index < -0.39 is 35.9 Å². The number of hydrogen-bond donors (Lipinski definition) is 1. The van der Waals surface area contributed by atoms with Gasteiger partial charge in [0.05, 0.1) is 5.92 Å². The summed E-state index contributed by atoms with van der Waals surface area (Å²) in [7, 11) is 0. The maximum Gasteiger partial charge on any atom is 0.410 e. The van der Waals surface area contributed by atoms with Crippen LogP contribution < -0.4 is 5.73 Å². The average molecular weight is 268 g/mol. The molecule has 0 aliphatic carbocycles. The van der Waals surface area contributed by atoms with Crippen LogP contribution in [0.4, 0.5) is 18.0 Å². The molecule has 2 atom stereocenters. The number of carbonyl (C=O) groups excluding carboxylic acids is 1. The smallest absolute Gasteiger partial charge is 0.410 e. The summed E-state index contributed by atoms with van der Waals surface area (Å²) >= 11 is 0. The van der Waals surface area contributed by atoms with Crippen LogP contribution in [0.3, 0.4) is 0 Å². The van der Waals surface area contributed by atoms with E-state index in [1.54, 1.807) is 20.8 Å². The van der Waals surface area contributed by atoms with E-state index in [4.69, 9.17) is 10.5 Å². The quantitative estimate of drug-likeness (QED) is 0.732. The summed E-state index contributed by atoms with van der Waals surface area (Å²) in [4.78, 5) is 12.7. The van der Waals surface area contributed by atoms with Gasteiger partial charge in [-0.1, -0.05) is 0 Å². The van der Waals surface area contributed by atoms with Gasteiger partial charge in [-0.15, -0.1) is 0 Å². The average Bonchev–Trinajstić information content (AvgIpc) is 2.37. The molecule has 18 heavy (non-hydrogen) atoms. The van der Waals surface area contributed by atoms with Crippen LogP contribution in [0.5, 0.6) is 0 Å². The Balaban J connectivity index is 2.77. The molecule has 106 valence electrons. The third kappa shape index (κ3) is 3.51. The third-order valence-electron chi connectivity index (χ3n) is 2.78. The number of ether oxygens (including phenoxy) is 1. The molecule has 0 aromatic heterocycles. The summed E-state index contributed by atoms with van der Waals surface area (Å²) in [6, 6.07) is 0. The highest BCUT2D eigenvalue weighted by molar-refractivity contribution is 5.68. The van der Waals surface area contributed by atoms with E-state index in [1.165, 1.54) is 6.92 Å². The molecule has 1 heterocycles. The highest BCUT2D eigenvalue weighted by Crippen LogP contribution is 2.38. The highest BCUT2D eigenvalue weighted by atomic mass is 19.4. The lowest BCUT2D eigenvalue weighted by Gasteiger charge is -2.27. The highest BCUT2D eigenvalue weighted by Gasteiger charge is 2.56. The number of nitrogens with zero attached hydrogens (tertiary/aromatic N) is 1. The topological polar surface area (TPSA) is 55.6 Å². The second-order valence-corrected chi connectivity index (χ2v) is 5.96. The standard InChI is InChI=1S/C11H19F3N2O2/c1-9(2,3)18-8(17)16-5-7(11(12,13)14)10(4,15)6-16/h7H,5-6,15H2,1-4H3/t7-,10-/m1/s1. The van der Waals surface area contributed by atoms with Crippen LogP contribution in [-0.4, -0.2) is 41.4 Å². The predicted molar refractivity (Wildman–Crippen MR) is 59.9 cm³/mol. The maximum absolute atomic E-state index is 12.8. The maximum atomic E-state index is 12.8. The molecule has 1 rings (SSSR count). The van der Waals surface area contributed by atoms with Crippen LogP contribution in [0.2, 0.25) is 0 Å². The number of halogens is 3. The van der Waals surface area contributed by atoms with Crippen LogP contribution >= 0.6 is 0 Å². The molecule has 0 aromatic carbocycles. The second-order valence-electron chi connectivity index (χ2n) is 5.96. The van der Waals surface area contributed by atoms with Crippen LogP contribution in [0.15, 0.2) is 0 Å². The molecule has 0 unspecified atom stereocenters. The molecule has 0 saturated carbocycles. The van der Waals surface area contributed by atoms with E-state index in [0.717, 1.165) is 4.90 Å². The fourth-order valence-electron chi connectivity index (χ4n) is 1.96. The number of amides is 1. The summed E-state index contributed by atoms with van der Waals surface area (Å²) in [5.41, 5.74) is 3.42. The monoisotopic (exact) mass is 268 g/mol. The Kier molecular flexibility index (Phi) is 3.60. The lowest BCUT2D eigenvalue weighted by Crippen LogP contribution is -2.50. The summed E-state index contributed by atoms with van der Waals surface area (Å²) in [5.74, 6) is -1.72. The van der Waals surface area contributed by atoms with Gasteiger partial charge in [0.2, 0.25) is 0 Å². The molecule has 0 bridgehead atoms. The van der Waals surface area contributed by atoms with Gasteiger partial charge in [0.15, 0.2) is 0 Å². The zero-order chi connectivity index (χ0) is 14.4. The zero-order valence-electron chi connectivity index (χ0n) is 11.0. The van der Waals surface area contributed by atoms with Crippen molar-refractivity contribution in [2.75, 3.05) is 13.1 Å².